The minimum absolute atomic E-state index is 0. The first kappa shape index (κ1) is 18.8. The van der Waals surface area contributed by atoms with Crippen molar-refractivity contribution in [2.24, 2.45) is 16.6 Å². The van der Waals surface area contributed by atoms with Crippen LogP contribution < -0.4 is 11.1 Å². The third-order valence-corrected chi connectivity index (χ3v) is 2.65. The van der Waals surface area contributed by atoms with Gasteiger partial charge in [-0.1, -0.05) is 13.8 Å². The molecule has 114 valence electrons. The monoisotopic (exact) mass is 394 g/mol. The van der Waals surface area contributed by atoms with Gasteiger partial charge in [0, 0.05) is 25.7 Å². The van der Waals surface area contributed by atoms with Crippen LogP contribution in [-0.2, 0) is 0 Å². The van der Waals surface area contributed by atoms with Crippen molar-refractivity contribution in [3.8, 4) is 0 Å². The average Bonchev–Trinajstić information content (AvgIpc) is 2.59. The summed E-state index contributed by atoms with van der Waals surface area (Å²) < 4.78 is 36.6. The normalized spacial score (nSPS) is 21.6. The summed E-state index contributed by atoms with van der Waals surface area (Å²) in [6, 6.07) is -0.0386. The molecule has 0 amide bonds. The second kappa shape index (κ2) is 8.13. The Bertz CT molecular complexity index is 294. The Morgan fingerprint density at radius 1 is 1.47 bits per heavy atom. The predicted octanol–water partition coefficient (Wildman–Crippen LogP) is 1.80. The molecule has 1 heterocycles. The summed E-state index contributed by atoms with van der Waals surface area (Å²) in [5.41, 5.74) is 5.67. The third-order valence-electron chi connectivity index (χ3n) is 2.65. The first-order valence-electron chi connectivity index (χ1n) is 6.12. The summed E-state index contributed by atoms with van der Waals surface area (Å²) in [5.74, 6) is 0.734. The molecule has 1 rings (SSSR count). The fraction of sp³-hybridized carbons (Fsp3) is 0.909. The molecule has 8 heteroatoms. The zero-order chi connectivity index (χ0) is 13.8. The molecule has 0 saturated carbocycles. The Morgan fingerprint density at radius 3 is 2.63 bits per heavy atom. The van der Waals surface area contributed by atoms with Crippen molar-refractivity contribution in [2.75, 3.05) is 26.2 Å². The lowest BCUT2D eigenvalue weighted by molar-refractivity contribution is -0.143. The maximum atomic E-state index is 12.2. The van der Waals surface area contributed by atoms with Crippen LogP contribution in [0, 0.1) is 5.92 Å². The average molecular weight is 394 g/mol. The van der Waals surface area contributed by atoms with Crippen LogP contribution in [0.1, 0.15) is 20.3 Å². The van der Waals surface area contributed by atoms with Gasteiger partial charge in [-0.05, 0) is 12.3 Å². The highest BCUT2D eigenvalue weighted by molar-refractivity contribution is 14.0. The van der Waals surface area contributed by atoms with Gasteiger partial charge >= 0.3 is 6.18 Å². The third kappa shape index (κ3) is 8.51. The van der Waals surface area contributed by atoms with Gasteiger partial charge in [0.25, 0.3) is 0 Å². The van der Waals surface area contributed by atoms with Crippen LogP contribution in [0.3, 0.4) is 0 Å². The minimum Gasteiger partial charge on any atom is -0.370 e. The van der Waals surface area contributed by atoms with Crippen LogP contribution in [0.25, 0.3) is 0 Å². The van der Waals surface area contributed by atoms with Crippen LogP contribution in [0.4, 0.5) is 13.2 Å². The van der Waals surface area contributed by atoms with Crippen LogP contribution >= 0.6 is 24.0 Å². The smallest absolute Gasteiger partial charge is 0.370 e. The van der Waals surface area contributed by atoms with Crippen molar-refractivity contribution < 1.29 is 13.2 Å². The highest BCUT2D eigenvalue weighted by Gasteiger charge is 2.34. The zero-order valence-electron chi connectivity index (χ0n) is 11.2. The molecule has 0 spiro atoms. The van der Waals surface area contributed by atoms with Crippen molar-refractivity contribution in [1.82, 2.24) is 10.2 Å². The van der Waals surface area contributed by atoms with E-state index in [-0.39, 0.29) is 30.0 Å². The molecule has 1 atom stereocenters. The van der Waals surface area contributed by atoms with E-state index in [0.717, 1.165) is 0 Å². The molecule has 1 aliphatic rings. The summed E-state index contributed by atoms with van der Waals surface area (Å²) in [4.78, 5) is 5.51. The Hall–Kier alpha value is -0.250. The maximum absolute atomic E-state index is 12.2. The molecule has 1 unspecified atom stereocenters. The fourth-order valence-corrected chi connectivity index (χ4v) is 1.88. The number of guanidine groups is 1. The first-order valence-corrected chi connectivity index (χ1v) is 6.12. The van der Waals surface area contributed by atoms with Crippen LogP contribution in [0.2, 0.25) is 0 Å². The van der Waals surface area contributed by atoms with Crippen molar-refractivity contribution in [3.63, 3.8) is 0 Å². The lowest BCUT2D eigenvalue weighted by Crippen LogP contribution is -2.42. The number of halogens is 4. The van der Waals surface area contributed by atoms with Gasteiger partial charge in [0.1, 0.15) is 0 Å². The molecule has 19 heavy (non-hydrogen) atoms. The second-order valence-corrected chi connectivity index (χ2v) is 5.10. The largest absolute Gasteiger partial charge is 0.401 e. The summed E-state index contributed by atoms with van der Waals surface area (Å²) in [7, 11) is 0. The Morgan fingerprint density at radius 2 is 2.11 bits per heavy atom. The van der Waals surface area contributed by atoms with Crippen molar-refractivity contribution in [1.29, 1.82) is 0 Å². The number of nitrogens with zero attached hydrogens (tertiary/aromatic N) is 2. The van der Waals surface area contributed by atoms with Crippen molar-refractivity contribution in [2.45, 2.75) is 32.5 Å². The number of alkyl halides is 3. The van der Waals surface area contributed by atoms with E-state index in [4.69, 9.17) is 5.73 Å². The Kier molecular flexibility index (Phi) is 8.02. The molecule has 0 aromatic carbocycles. The highest BCUT2D eigenvalue weighted by Crippen LogP contribution is 2.19. The van der Waals surface area contributed by atoms with E-state index >= 15 is 0 Å². The molecule has 4 nitrogen and oxygen atoms in total. The number of likely N-dealkylation sites (tertiary alicyclic amines) is 1. The molecule has 3 N–H and O–H groups in total. The standard InChI is InChI=1S/C11H21F3N4.HI/c1-8(2)5-16-10(15)17-9-3-4-18(6-9)7-11(12,13)14;/h8-9H,3-7H2,1-2H3,(H3,15,16,17);1H. The van der Waals surface area contributed by atoms with Gasteiger partial charge in [-0.25, -0.2) is 0 Å². The topological polar surface area (TPSA) is 53.6 Å². The summed E-state index contributed by atoms with van der Waals surface area (Å²) in [6.07, 6.45) is -3.47. The van der Waals surface area contributed by atoms with E-state index in [1.54, 1.807) is 0 Å². The van der Waals surface area contributed by atoms with E-state index in [1.165, 1.54) is 4.90 Å². The molecule has 1 saturated heterocycles. The lowest BCUT2D eigenvalue weighted by atomic mass is 10.2. The van der Waals surface area contributed by atoms with E-state index < -0.39 is 12.7 Å². The number of rotatable bonds is 4. The second-order valence-electron chi connectivity index (χ2n) is 5.10. The summed E-state index contributed by atoms with van der Waals surface area (Å²) in [6.45, 7) is 4.62. The number of hydrogen-bond donors (Lipinski definition) is 2. The summed E-state index contributed by atoms with van der Waals surface area (Å²) in [5, 5.41) is 2.97. The van der Waals surface area contributed by atoms with Crippen LogP contribution in [-0.4, -0.2) is 49.3 Å². The SMILES string of the molecule is CC(C)CN=C(N)NC1CCN(CC(F)(F)F)C1.I. The van der Waals surface area contributed by atoms with Crippen molar-refractivity contribution >= 4 is 29.9 Å². The van der Waals surface area contributed by atoms with E-state index in [1.807, 2.05) is 13.8 Å². The van der Waals surface area contributed by atoms with Crippen LogP contribution in [0.15, 0.2) is 4.99 Å². The van der Waals surface area contributed by atoms with Crippen LogP contribution in [0.5, 0.6) is 0 Å². The Labute approximate surface area is 129 Å². The number of nitrogens with one attached hydrogen (secondary N) is 1. The van der Waals surface area contributed by atoms with E-state index in [0.29, 0.717) is 37.9 Å². The zero-order valence-corrected chi connectivity index (χ0v) is 13.5. The molecular weight excluding hydrogens is 372 g/mol. The molecule has 1 aliphatic heterocycles. The quantitative estimate of drug-likeness (QED) is 0.435. The minimum atomic E-state index is -4.13. The van der Waals surface area contributed by atoms with Gasteiger partial charge < -0.3 is 11.1 Å². The number of aliphatic imine (C=N–C) groups is 1. The summed E-state index contributed by atoms with van der Waals surface area (Å²) >= 11 is 0. The molecular formula is C11H22F3IN4. The number of nitrogens with two attached hydrogens (primary N) is 1. The predicted molar refractivity (Wildman–Crippen MR) is 80.8 cm³/mol. The number of hydrogen-bond acceptors (Lipinski definition) is 2. The lowest BCUT2D eigenvalue weighted by Gasteiger charge is -2.18. The van der Waals surface area contributed by atoms with E-state index in [9.17, 15) is 13.2 Å². The van der Waals surface area contributed by atoms with Crippen molar-refractivity contribution in [3.05, 3.63) is 0 Å². The van der Waals surface area contributed by atoms with Gasteiger partial charge in [-0.3, -0.25) is 9.89 Å². The van der Waals surface area contributed by atoms with Gasteiger partial charge in [-0.2, -0.15) is 13.2 Å². The maximum Gasteiger partial charge on any atom is 0.401 e. The first-order chi connectivity index (χ1) is 8.26. The highest BCUT2D eigenvalue weighted by atomic mass is 127. The molecule has 0 aliphatic carbocycles. The van der Waals surface area contributed by atoms with Gasteiger partial charge in [0.2, 0.25) is 0 Å². The van der Waals surface area contributed by atoms with Gasteiger partial charge in [0.15, 0.2) is 5.96 Å². The van der Waals surface area contributed by atoms with Gasteiger partial charge in [-0.15, -0.1) is 24.0 Å². The molecule has 1 fully saturated rings. The molecule has 0 aromatic rings. The van der Waals surface area contributed by atoms with Gasteiger partial charge in [0.05, 0.1) is 6.54 Å². The molecule has 0 bridgehead atoms. The van der Waals surface area contributed by atoms with E-state index in [2.05, 4.69) is 10.3 Å². The molecule has 0 aromatic heterocycles. The Balaban J connectivity index is 0.00000324. The fourth-order valence-electron chi connectivity index (χ4n) is 1.88. The molecule has 0 radical (unpaired) electrons.